The molecule has 5 aromatic rings. The maximum Gasteiger partial charge on any atom is 0.266 e. The van der Waals surface area contributed by atoms with Crippen LogP contribution in [0.25, 0.3) is 16.6 Å². The number of halogens is 3. The lowest BCUT2D eigenvalue weighted by Gasteiger charge is -2.21. The Hall–Kier alpha value is -4.88. The first-order valence-electron chi connectivity index (χ1n) is 11.3. The van der Waals surface area contributed by atoms with Crippen molar-refractivity contribution in [3.05, 3.63) is 111 Å². The van der Waals surface area contributed by atoms with Crippen LogP contribution in [0.3, 0.4) is 0 Å². The van der Waals surface area contributed by atoms with E-state index in [2.05, 4.69) is 37.1 Å². The molecule has 3 N–H and O–H groups in total. The number of hydrogen-bond acceptors (Lipinski definition) is 7. The van der Waals surface area contributed by atoms with Crippen LogP contribution in [0.1, 0.15) is 30.0 Å². The highest BCUT2D eigenvalue weighted by Gasteiger charge is 2.20. The molecule has 0 spiro atoms. The zero-order valence-corrected chi connectivity index (χ0v) is 20.5. The van der Waals surface area contributed by atoms with Gasteiger partial charge in [-0.05, 0) is 61.4 Å². The highest BCUT2D eigenvalue weighted by Crippen LogP contribution is 2.25. The van der Waals surface area contributed by atoms with Gasteiger partial charge in [-0.25, -0.2) is 28.7 Å². The SMILES string of the molecule is CC(Nc1ncnc(N)c1C#Cc1ccc(F)cn1)c1nc2ccc(F)cc2c(=O)n1-c1cccc(Cl)c1. The molecule has 0 aliphatic carbocycles. The molecule has 0 saturated heterocycles. The van der Waals surface area contributed by atoms with Crippen molar-refractivity contribution in [1.29, 1.82) is 0 Å². The first-order chi connectivity index (χ1) is 18.3. The van der Waals surface area contributed by atoms with Gasteiger partial charge < -0.3 is 11.1 Å². The van der Waals surface area contributed by atoms with Gasteiger partial charge in [-0.3, -0.25) is 9.36 Å². The summed E-state index contributed by atoms with van der Waals surface area (Å²) >= 11 is 6.20. The highest BCUT2D eigenvalue weighted by molar-refractivity contribution is 6.30. The van der Waals surface area contributed by atoms with Crippen LogP contribution in [-0.4, -0.2) is 24.5 Å². The monoisotopic (exact) mass is 529 g/mol. The largest absolute Gasteiger partial charge is 0.382 e. The molecule has 188 valence electrons. The van der Waals surface area contributed by atoms with Crippen molar-refractivity contribution in [2.24, 2.45) is 0 Å². The van der Waals surface area contributed by atoms with Crippen molar-refractivity contribution in [3.8, 4) is 17.5 Å². The van der Waals surface area contributed by atoms with Gasteiger partial charge in [0.2, 0.25) is 0 Å². The maximum atomic E-state index is 14.0. The van der Waals surface area contributed by atoms with Crippen molar-refractivity contribution in [2.75, 3.05) is 11.1 Å². The summed E-state index contributed by atoms with van der Waals surface area (Å²) in [6.07, 6.45) is 2.33. The zero-order valence-electron chi connectivity index (χ0n) is 19.8. The quantitative estimate of drug-likeness (QED) is 0.326. The van der Waals surface area contributed by atoms with E-state index >= 15 is 0 Å². The fourth-order valence-corrected chi connectivity index (χ4v) is 3.99. The van der Waals surface area contributed by atoms with Crippen LogP contribution in [0.15, 0.2) is 71.9 Å². The van der Waals surface area contributed by atoms with E-state index in [0.29, 0.717) is 27.7 Å². The van der Waals surface area contributed by atoms with E-state index in [0.717, 1.165) is 12.3 Å². The Morgan fingerprint density at radius 2 is 1.84 bits per heavy atom. The van der Waals surface area contributed by atoms with Crippen LogP contribution >= 0.6 is 11.6 Å². The molecule has 1 unspecified atom stereocenters. The number of nitrogens with two attached hydrogens (primary N) is 1. The molecule has 1 atom stereocenters. The molecule has 0 radical (unpaired) electrons. The Morgan fingerprint density at radius 1 is 1.03 bits per heavy atom. The molecule has 3 heterocycles. The van der Waals surface area contributed by atoms with Crippen molar-refractivity contribution < 1.29 is 8.78 Å². The second-order valence-corrected chi connectivity index (χ2v) is 8.65. The predicted molar refractivity (Wildman–Crippen MR) is 141 cm³/mol. The van der Waals surface area contributed by atoms with Crippen LogP contribution in [-0.2, 0) is 0 Å². The normalized spacial score (nSPS) is 11.6. The average Bonchev–Trinajstić information content (AvgIpc) is 2.89. The zero-order chi connectivity index (χ0) is 26.8. The minimum atomic E-state index is -0.616. The van der Waals surface area contributed by atoms with E-state index < -0.39 is 23.2 Å². The number of rotatable bonds is 4. The summed E-state index contributed by atoms with van der Waals surface area (Å²) in [5, 5.41) is 3.73. The number of fused-ring (bicyclic) bond motifs is 1. The molecule has 0 saturated carbocycles. The van der Waals surface area contributed by atoms with Gasteiger partial charge in [0.15, 0.2) is 0 Å². The molecule has 11 heteroatoms. The third-order valence-corrected chi connectivity index (χ3v) is 5.82. The van der Waals surface area contributed by atoms with Gasteiger partial charge in [-0.1, -0.05) is 23.6 Å². The number of nitrogens with one attached hydrogen (secondary N) is 1. The van der Waals surface area contributed by atoms with E-state index in [9.17, 15) is 13.6 Å². The van der Waals surface area contributed by atoms with Crippen LogP contribution in [0.2, 0.25) is 5.02 Å². The number of pyridine rings is 1. The van der Waals surface area contributed by atoms with Gasteiger partial charge in [0.1, 0.15) is 46.7 Å². The molecule has 8 nitrogen and oxygen atoms in total. The lowest BCUT2D eigenvalue weighted by atomic mass is 10.2. The van der Waals surface area contributed by atoms with Crippen LogP contribution in [0.4, 0.5) is 20.4 Å². The van der Waals surface area contributed by atoms with Gasteiger partial charge in [-0.15, -0.1) is 0 Å². The smallest absolute Gasteiger partial charge is 0.266 e. The van der Waals surface area contributed by atoms with Gasteiger partial charge >= 0.3 is 0 Å². The third kappa shape index (κ3) is 5.00. The first kappa shape index (κ1) is 24.8. The van der Waals surface area contributed by atoms with E-state index in [1.165, 1.54) is 35.2 Å². The fourth-order valence-electron chi connectivity index (χ4n) is 3.81. The van der Waals surface area contributed by atoms with Crippen molar-refractivity contribution in [2.45, 2.75) is 13.0 Å². The molecule has 3 aromatic heterocycles. The molecule has 0 aliphatic heterocycles. The summed E-state index contributed by atoms with van der Waals surface area (Å²) in [6, 6.07) is 12.6. The second kappa shape index (κ2) is 10.2. The number of benzene rings is 2. The fraction of sp³-hybridized carbons (Fsp3) is 0.0741. The Labute approximate surface area is 220 Å². The summed E-state index contributed by atoms with van der Waals surface area (Å²) < 4.78 is 28.5. The second-order valence-electron chi connectivity index (χ2n) is 8.21. The van der Waals surface area contributed by atoms with Crippen molar-refractivity contribution in [1.82, 2.24) is 24.5 Å². The third-order valence-electron chi connectivity index (χ3n) is 5.58. The molecule has 0 fully saturated rings. The summed E-state index contributed by atoms with van der Waals surface area (Å²) in [5.74, 6) is 5.37. The number of aromatic nitrogens is 5. The maximum absolute atomic E-state index is 14.0. The topological polar surface area (TPSA) is 112 Å². The molecule has 0 amide bonds. The van der Waals surface area contributed by atoms with Gasteiger partial charge in [0, 0.05) is 5.02 Å². The number of nitrogens with zero attached hydrogens (tertiary/aromatic N) is 5. The highest BCUT2D eigenvalue weighted by atomic mass is 35.5. The van der Waals surface area contributed by atoms with Crippen LogP contribution in [0, 0.1) is 23.5 Å². The molecule has 2 aromatic carbocycles. The lowest BCUT2D eigenvalue weighted by molar-refractivity contribution is 0.621. The van der Waals surface area contributed by atoms with Gasteiger partial charge in [0.05, 0.1) is 28.8 Å². The van der Waals surface area contributed by atoms with Crippen molar-refractivity contribution in [3.63, 3.8) is 0 Å². The molecule has 5 rings (SSSR count). The summed E-state index contributed by atoms with van der Waals surface area (Å²) in [4.78, 5) is 30.4. The van der Waals surface area contributed by atoms with Crippen LogP contribution in [0.5, 0.6) is 0 Å². The Morgan fingerprint density at radius 3 is 2.61 bits per heavy atom. The van der Waals surface area contributed by atoms with Crippen molar-refractivity contribution >= 4 is 34.1 Å². The van der Waals surface area contributed by atoms with Gasteiger partial charge in [-0.2, -0.15) is 0 Å². The van der Waals surface area contributed by atoms with E-state index in [-0.39, 0.29) is 22.6 Å². The molecule has 38 heavy (non-hydrogen) atoms. The first-order valence-corrected chi connectivity index (χ1v) is 11.7. The molecular formula is C27H18ClF2N7O. The van der Waals surface area contributed by atoms with E-state index in [1.54, 1.807) is 31.2 Å². The standard InChI is InChI=1S/C27H18ClF2N7O/c1-15(35-25-21(24(31)33-14-34-25)9-8-19-7-5-18(30)13-32-19)26-36-23-10-6-17(29)12-22(23)27(38)37(26)20-4-2-3-16(28)11-20/h2-7,10-15H,1H3,(H3,31,33,34,35). The predicted octanol–water partition coefficient (Wildman–Crippen LogP) is 4.66. The Bertz CT molecular complexity index is 1800. The number of hydrogen-bond donors (Lipinski definition) is 2. The molecule has 0 bridgehead atoms. The average molecular weight is 530 g/mol. The Balaban J connectivity index is 1.61. The van der Waals surface area contributed by atoms with E-state index in [4.69, 9.17) is 17.3 Å². The number of nitrogen functional groups attached to an aromatic ring is 1. The Kier molecular flexibility index (Phi) is 6.68. The van der Waals surface area contributed by atoms with Gasteiger partial charge in [0.25, 0.3) is 5.56 Å². The lowest BCUT2D eigenvalue weighted by Crippen LogP contribution is -2.27. The minimum Gasteiger partial charge on any atom is -0.382 e. The number of anilines is 2. The van der Waals surface area contributed by atoms with E-state index in [1.807, 2.05) is 0 Å². The van der Waals surface area contributed by atoms with Crippen LogP contribution < -0.4 is 16.6 Å². The molecular weight excluding hydrogens is 512 g/mol. The molecule has 0 aliphatic rings. The summed E-state index contributed by atoms with van der Waals surface area (Å²) in [7, 11) is 0. The minimum absolute atomic E-state index is 0.110. The summed E-state index contributed by atoms with van der Waals surface area (Å²) in [6.45, 7) is 1.77. The summed E-state index contributed by atoms with van der Waals surface area (Å²) in [5.41, 5.74) is 7.00.